The molecule has 1 heterocycles. The maximum atomic E-state index is 13.7. The molecule has 1 aliphatic heterocycles. The van der Waals surface area contributed by atoms with E-state index < -0.39 is 17.6 Å². The van der Waals surface area contributed by atoms with E-state index in [1.165, 1.54) is 36.3 Å². The lowest BCUT2D eigenvalue weighted by Crippen LogP contribution is -2.32. The number of ether oxygens (including phenoxy) is 1. The van der Waals surface area contributed by atoms with Crippen LogP contribution in [0.15, 0.2) is 96.7 Å². The van der Waals surface area contributed by atoms with Gasteiger partial charge < -0.3 is 10.1 Å². The number of anilines is 2. The molecule has 0 spiro atoms. The average Bonchev–Trinajstić information content (AvgIpc) is 3.08. The van der Waals surface area contributed by atoms with Crippen molar-refractivity contribution in [2.24, 2.45) is 0 Å². The molecule has 1 aliphatic rings. The first-order valence-electron chi connectivity index (χ1n) is 10.4. The van der Waals surface area contributed by atoms with Crippen LogP contribution in [-0.4, -0.2) is 18.9 Å². The Morgan fingerprint density at radius 1 is 0.788 bits per heavy atom. The number of halogens is 1. The summed E-state index contributed by atoms with van der Waals surface area (Å²) in [6.45, 7) is 0. The van der Waals surface area contributed by atoms with Crippen LogP contribution in [0.2, 0.25) is 0 Å². The first-order chi connectivity index (χ1) is 16.1. The van der Waals surface area contributed by atoms with Gasteiger partial charge in [-0.25, -0.2) is 9.29 Å². The van der Waals surface area contributed by atoms with Crippen molar-refractivity contribution in [1.29, 1.82) is 0 Å². The summed E-state index contributed by atoms with van der Waals surface area (Å²) in [4.78, 5) is 28.5. The Hall–Kier alpha value is -4.45. The molecule has 6 heteroatoms. The standard InChI is InChI=1S/C27H19FN2O3/c1-33-23-12-5-4-10-21(23)29-25-24(18-13-15-19(28)16-14-18)26(31)30(27(25)32)22-11-6-8-17-7-2-3-9-20(17)22/h2-16,29H,1H3. The van der Waals surface area contributed by atoms with Gasteiger partial charge in [-0.3, -0.25) is 9.59 Å². The molecule has 0 aromatic heterocycles. The van der Waals surface area contributed by atoms with E-state index in [-0.39, 0.29) is 11.3 Å². The lowest BCUT2D eigenvalue weighted by atomic mass is 10.0. The lowest BCUT2D eigenvalue weighted by molar-refractivity contribution is -0.120. The highest BCUT2D eigenvalue weighted by Crippen LogP contribution is 2.38. The van der Waals surface area contributed by atoms with Crippen molar-refractivity contribution < 1.29 is 18.7 Å². The number of benzene rings is 4. The zero-order chi connectivity index (χ0) is 22.9. The van der Waals surface area contributed by atoms with Crippen LogP contribution >= 0.6 is 0 Å². The number of nitrogens with one attached hydrogen (secondary N) is 1. The van der Waals surface area contributed by atoms with Crippen LogP contribution in [0.3, 0.4) is 0 Å². The van der Waals surface area contributed by atoms with E-state index in [1.807, 2.05) is 36.4 Å². The lowest BCUT2D eigenvalue weighted by Gasteiger charge is -2.18. The number of fused-ring (bicyclic) bond motifs is 1. The van der Waals surface area contributed by atoms with E-state index in [0.717, 1.165) is 10.8 Å². The summed E-state index contributed by atoms with van der Waals surface area (Å²) in [5.74, 6) is -0.893. The van der Waals surface area contributed by atoms with E-state index in [1.54, 1.807) is 30.3 Å². The van der Waals surface area contributed by atoms with Crippen molar-refractivity contribution in [1.82, 2.24) is 0 Å². The highest BCUT2D eigenvalue weighted by molar-refractivity contribution is 6.47. The molecular weight excluding hydrogens is 419 g/mol. The normalized spacial score (nSPS) is 13.7. The molecule has 5 rings (SSSR count). The highest BCUT2D eigenvalue weighted by atomic mass is 19.1. The Balaban J connectivity index is 1.67. The van der Waals surface area contributed by atoms with Crippen molar-refractivity contribution in [3.8, 4) is 5.75 Å². The van der Waals surface area contributed by atoms with Crippen LogP contribution in [0.1, 0.15) is 5.56 Å². The molecule has 4 aromatic carbocycles. The number of rotatable bonds is 5. The summed E-state index contributed by atoms with van der Waals surface area (Å²) < 4.78 is 19.0. The van der Waals surface area contributed by atoms with Gasteiger partial charge in [-0.2, -0.15) is 0 Å². The van der Waals surface area contributed by atoms with Crippen LogP contribution in [-0.2, 0) is 9.59 Å². The minimum Gasteiger partial charge on any atom is -0.495 e. The molecule has 0 bridgehead atoms. The molecule has 0 unspecified atom stereocenters. The van der Waals surface area contributed by atoms with Crippen LogP contribution < -0.4 is 15.0 Å². The van der Waals surface area contributed by atoms with Gasteiger partial charge in [0.25, 0.3) is 11.8 Å². The van der Waals surface area contributed by atoms with Gasteiger partial charge in [0.05, 0.1) is 24.1 Å². The average molecular weight is 438 g/mol. The first-order valence-corrected chi connectivity index (χ1v) is 10.4. The molecule has 2 amide bonds. The Labute approximate surface area is 189 Å². The number of hydrogen-bond acceptors (Lipinski definition) is 4. The third kappa shape index (κ3) is 3.51. The number of para-hydroxylation sites is 2. The summed E-state index contributed by atoms with van der Waals surface area (Å²) in [5.41, 5.74) is 1.73. The van der Waals surface area contributed by atoms with Crippen molar-refractivity contribution >= 4 is 39.5 Å². The molecule has 0 saturated carbocycles. The van der Waals surface area contributed by atoms with E-state index in [0.29, 0.717) is 22.7 Å². The number of imide groups is 1. The van der Waals surface area contributed by atoms with Gasteiger partial charge in [-0.1, -0.05) is 60.7 Å². The molecule has 0 saturated heterocycles. The minimum absolute atomic E-state index is 0.101. The van der Waals surface area contributed by atoms with E-state index in [2.05, 4.69) is 5.32 Å². The number of carbonyl (C=O) groups is 2. The topological polar surface area (TPSA) is 58.6 Å². The number of carbonyl (C=O) groups excluding carboxylic acids is 2. The van der Waals surface area contributed by atoms with E-state index >= 15 is 0 Å². The van der Waals surface area contributed by atoms with Gasteiger partial charge in [-0.05, 0) is 41.3 Å². The van der Waals surface area contributed by atoms with Crippen LogP contribution in [0.25, 0.3) is 16.3 Å². The van der Waals surface area contributed by atoms with Gasteiger partial charge in [0.1, 0.15) is 17.3 Å². The largest absolute Gasteiger partial charge is 0.495 e. The quantitative estimate of drug-likeness (QED) is 0.425. The van der Waals surface area contributed by atoms with E-state index in [4.69, 9.17) is 4.74 Å². The van der Waals surface area contributed by atoms with Crippen molar-refractivity contribution in [2.75, 3.05) is 17.3 Å². The monoisotopic (exact) mass is 438 g/mol. The minimum atomic E-state index is -0.499. The van der Waals surface area contributed by atoms with E-state index in [9.17, 15) is 14.0 Å². The van der Waals surface area contributed by atoms with Gasteiger partial charge >= 0.3 is 0 Å². The smallest absolute Gasteiger partial charge is 0.282 e. The van der Waals surface area contributed by atoms with Crippen molar-refractivity contribution in [2.45, 2.75) is 0 Å². The summed E-state index contributed by atoms with van der Waals surface area (Å²) in [6.07, 6.45) is 0. The molecule has 0 aliphatic carbocycles. The molecule has 0 fully saturated rings. The number of amides is 2. The zero-order valence-electron chi connectivity index (χ0n) is 17.7. The third-order valence-electron chi connectivity index (χ3n) is 5.59. The third-order valence-corrected chi connectivity index (χ3v) is 5.59. The molecule has 0 atom stereocenters. The second-order valence-electron chi connectivity index (χ2n) is 7.53. The van der Waals surface area contributed by atoms with Crippen LogP contribution in [0.4, 0.5) is 15.8 Å². The molecule has 162 valence electrons. The molecule has 0 radical (unpaired) electrons. The molecule has 1 N–H and O–H groups in total. The van der Waals surface area contributed by atoms with Crippen molar-refractivity contribution in [3.05, 3.63) is 108 Å². The summed E-state index contributed by atoms with van der Waals surface area (Å²) in [6, 6.07) is 25.7. The Kier molecular flexibility index (Phi) is 5.11. The fourth-order valence-electron chi connectivity index (χ4n) is 4.03. The summed E-state index contributed by atoms with van der Waals surface area (Å²) in [5, 5.41) is 4.78. The maximum absolute atomic E-state index is 13.7. The maximum Gasteiger partial charge on any atom is 0.282 e. The fraction of sp³-hybridized carbons (Fsp3) is 0.0370. The van der Waals surface area contributed by atoms with Crippen molar-refractivity contribution in [3.63, 3.8) is 0 Å². The molecule has 5 nitrogen and oxygen atoms in total. The van der Waals surface area contributed by atoms with Crippen LogP contribution in [0, 0.1) is 5.82 Å². The second-order valence-corrected chi connectivity index (χ2v) is 7.53. The SMILES string of the molecule is COc1ccccc1NC1=C(c2ccc(F)cc2)C(=O)N(c2cccc3ccccc23)C1=O. The predicted octanol–water partition coefficient (Wildman–Crippen LogP) is 5.38. The number of nitrogens with zero attached hydrogens (tertiary/aromatic N) is 1. The number of methoxy groups -OCH3 is 1. The zero-order valence-corrected chi connectivity index (χ0v) is 17.7. The van der Waals surface area contributed by atoms with Gasteiger partial charge in [0, 0.05) is 5.39 Å². The molecule has 4 aromatic rings. The predicted molar refractivity (Wildman–Crippen MR) is 126 cm³/mol. The highest BCUT2D eigenvalue weighted by Gasteiger charge is 2.41. The van der Waals surface area contributed by atoms with Gasteiger partial charge in [-0.15, -0.1) is 0 Å². The Morgan fingerprint density at radius 2 is 1.48 bits per heavy atom. The Morgan fingerprint density at radius 3 is 2.27 bits per heavy atom. The second kappa shape index (κ2) is 8.24. The Bertz CT molecular complexity index is 1420. The molecular formula is C27H19FN2O3. The summed E-state index contributed by atoms with van der Waals surface area (Å²) in [7, 11) is 1.53. The van der Waals surface area contributed by atoms with Gasteiger partial charge in [0.2, 0.25) is 0 Å². The fourth-order valence-corrected chi connectivity index (χ4v) is 4.03. The number of hydrogen-bond donors (Lipinski definition) is 1. The summed E-state index contributed by atoms with van der Waals surface area (Å²) >= 11 is 0. The first kappa shape index (κ1) is 20.5. The molecule has 33 heavy (non-hydrogen) atoms. The van der Waals surface area contributed by atoms with Crippen LogP contribution in [0.5, 0.6) is 5.75 Å². The van der Waals surface area contributed by atoms with Gasteiger partial charge in [0.15, 0.2) is 0 Å².